The summed E-state index contributed by atoms with van der Waals surface area (Å²) in [5.41, 5.74) is 6.27. The maximum Gasteiger partial charge on any atom is 0.120 e. The van der Waals surface area contributed by atoms with Crippen molar-refractivity contribution in [2.75, 3.05) is 18.1 Å². The number of thioether (sulfide) groups is 1. The highest BCUT2D eigenvalue weighted by molar-refractivity contribution is 9.10. The zero-order chi connectivity index (χ0) is 13.7. The minimum absolute atomic E-state index is 0.595. The first-order chi connectivity index (χ1) is 9.15. The predicted octanol–water partition coefficient (Wildman–Crippen LogP) is 4.86. The van der Waals surface area contributed by atoms with Crippen LogP contribution in [0.5, 0.6) is 5.75 Å². The smallest absolute Gasteiger partial charge is 0.120 e. The third-order valence-corrected chi connectivity index (χ3v) is 4.17. The van der Waals surface area contributed by atoms with Gasteiger partial charge in [-0.3, -0.25) is 0 Å². The molecule has 0 saturated heterocycles. The number of rotatable bonds is 5. The summed E-state index contributed by atoms with van der Waals surface area (Å²) < 4.78 is 6.67. The van der Waals surface area contributed by atoms with Gasteiger partial charge in [0.05, 0.1) is 17.3 Å². The molecule has 0 aliphatic rings. The lowest BCUT2D eigenvalue weighted by Gasteiger charge is -2.07. The molecule has 2 N–H and O–H groups in total. The molecule has 0 fully saturated rings. The maximum absolute atomic E-state index is 5.97. The van der Waals surface area contributed by atoms with Gasteiger partial charge in [0.2, 0.25) is 0 Å². The standard InChI is InChI=1S/C14H13BrClNOS/c15-10-2-1-3-11(8-10)18-6-7-19-12-4-5-14(17)13(16)9-12/h1-5,8-9H,6-7,17H2. The van der Waals surface area contributed by atoms with Gasteiger partial charge in [-0.1, -0.05) is 33.6 Å². The number of halogens is 2. The Balaban J connectivity index is 1.79. The second kappa shape index (κ2) is 7.08. The van der Waals surface area contributed by atoms with Gasteiger partial charge < -0.3 is 10.5 Å². The molecule has 0 amide bonds. The molecule has 0 heterocycles. The number of hydrogen-bond donors (Lipinski definition) is 1. The average Bonchev–Trinajstić information content (AvgIpc) is 2.39. The van der Waals surface area contributed by atoms with Crippen LogP contribution in [0.2, 0.25) is 5.02 Å². The quantitative estimate of drug-likeness (QED) is 0.471. The SMILES string of the molecule is Nc1ccc(SCCOc2cccc(Br)c2)cc1Cl. The largest absolute Gasteiger partial charge is 0.493 e. The molecule has 2 nitrogen and oxygen atoms in total. The summed E-state index contributed by atoms with van der Waals surface area (Å²) in [6.45, 7) is 0.642. The van der Waals surface area contributed by atoms with E-state index in [1.165, 1.54) is 0 Å². The van der Waals surface area contributed by atoms with Crippen LogP contribution in [-0.4, -0.2) is 12.4 Å². The van der Waals surface area contributed by atoms with Crippen molar-refractivity contribution >= 4 is 45.0 Å². The highest BCUT2D eigenvalue weighted by Crippen LogP contribution is 2.26. The zero-order valence-corrected chi connectivity index (χ0v) is 13.3. The van der Waals surface area contributed by atoms with E-state index in [0.717, 1.165) is 20.9 Å². The lowest BCUT2D eigenvalue weighted by atomic mass is 10.3. The van der Waals surface area contributed by atoms with Crippen molar-refractivity contribution in [1.82, 2.24) is 0 Å². The van der Waals surface area contributed by atoms with Crippen LogP contribution in [-0.2, 0) is 0 Å². The van der Waals surface area contributed by atoms with Gasteiger partial charge in [0.1, 0.15) is 5.75 Å². The van der Waals surface area contributed by atoms with Crippen molar-refractivity contribution in [3.63, 3.8) is 0 Å². The minimum atomic E-state index is 0.595. The molecular formula is C14H13BrClNOS. The van der Waals surface area contributed by atoms with Gasteiger partial charge in [0.25, 0.3) is 0 Å². The molecule has 0 unspecified atom stereocenters. The molecule has 0 saturated carbocycles. The third-order valence-electron chi connectivity index (χ3n) is 2.39. The minimum Gasteiger partial charge on any atom is -0.493 e. The summed E-state index contributed by atoms with van der Waals surface area (Å²) in [7, 11) is 0. The van der Waals surface area contributed by atoms with Crippen LogP contribution in [0.15, 0.2) is 51.8 Å². The summed E-state index contributed by atoms with van der Waals surface area (Å²) in [5, 5.41) is 0.595. The van der Waals surface area contributed by atoms with Crippen molar-refractivity contribution in [1.29, 1.82) is 0 Å². The lowest BCUT2D eigenvalue weighted by Crippen LogP contribution is -1.99. The van der Waals surface area contributed by atoms with Crippen LogP contribution < -0.4 is 10.5 Å². The fourth-order valence-corrected chi connectivity index (χ4v) is 2.86. The van der Waals surface area contributed by atoms with E-state index in [9.17, 15) is 0 Å². The van der Waals surface area contributed by atoms with Crippen molar-refractivity contribution in [2.24, 2.45) is 0 Å². The van der Waals surface area contributed by atoms with Crippen LogP contribution in [0.3, 0.4) is 0 Å². The predicted molar refractivity (Wildman–Crippen MR) is 86.2 cm³/mol. The van der Waals surface area contributed by atoms with Crippen molar-refractivity contribution < 1.29 is 4.74 Å². The number of hydrogen-bond acceptors (Lipinski definition) is 3. The van der Waals surface area contributed by atoms with Gasteiger partial charge in [-0.15, -0.1) is 11.8 Å². The fraction of sp³-hybridized carbons (Fsp3) is 0.143. The van der Waals surface area contributed by atoms with Gasteiger partial charge in [-0.05, 0) is 36.4 Å². The molecule has 0 aliphatic heterocycles. The molecular weight excluding hydrogens is 346 g/mol. The molecule has 0 spiro atoms. The fourth-order valence-electron chi connectivity index (χ4n) is 1.47. The Labute approximate surface area is 130 Å². The van der Waals surface area contributed by atoms with Gasteiger partial charge in [0.15, 0.2) is 0 Å². The molecule has 2 rings (SSSR count). The number of ether oxygens (including phenoxy) is 1. The van der Waals surface area contributed by atoms with Gasteiger partial charge >= 0.3 is 0 Å². The Bertz CT molecular complexity index is 565. The molecule has 5 heteroatoms. The second-order valence-electron chi connectivity index (χ2n) is 3.84. The Morgan fingerprint density at radius 3 is 2.79 bits per heavy atom. The van der Waals surface area contributed by atoms with E-state index in [0.29, 0.717) is 17.3 Å². The molecule has 0 atom stereocenters. The molecule has 0 radical (unpaired) electrons. The van der Waals surface area contributed by atoms with Crippen LogP contribution in [0.1, 0.15) is 0 Å². The molecule has 0 aromatic heterocycles. The first-order valence-corrected chi connectivity index (χ1v) is 7.87. The summed E-state index contributed by atoms with van der Waals surface area (Å²) in [5.74, 6) is 1.72. The average molecular weight is 359 g/mol. The van der Waals surface area contributed by atoms with Gasteiger partial charge in [-0.2, -0.15) is 0 Å². The van der Waals surface area contributed by atoms with Crippen LogP contribution in [0.25, 0.3) is 0 Å². The summed E-state index contributed by atoms with van der Waals surface area (Å²) >= 11 is 11.1. The molecule has 2 aromatic rings. The molecule has 0 aliphatic carbocycles. The number of anilines is 1. The van der Waals surface area contributed by atoms with Gasteiger partial charge in [-0.25, -0.2) is 0 Å². The van der Waals surface area contributed by atoms with Crippen LogP contribution in [0, 0.1) is 0 Å². The van der Waals surface area contributed by atoms with E-state index in [1.54, 1.807) is 11.8 Å². The first kappa shape index (κ1) is 14.6. The summed E-state index contributed by atoms with van der Waals surface area (Å²) in [4.78, 5) is 1.09. The van der Waals surface area contributed by atoms with E-state index in [-0.39, 0.29) is 0 Å². The van der Waals surface area contributed by atoms with Gasteiger partial charge in [0, 0.05) is 15.1 Å². The highest BCUT2D eigenvalue weighted by atomic mass is 79.9. The second-order valence-corrected chi connectivity index (χ2v) is 6.33. The Morgan fingerprint density at radius 1 is 1.21 bits per heavy atom. The molecule has 100 valence electrons. The Kier molecular flexibility index (Phi) is 5.43. The molecule has 2 aromatic carbocycles. The van der Waals surface area contributed by atoms with E-state index in [1.807, 2.05) is 42.5 Å². The number of nitrogens with two attached hydrogens (primary N) is 1. The lowest BCUT2D eigenvalue weighted by molar-refractivity contribution is 0.344. The van der Waals surface area contributed by atoms with Crippen LogP contribution >= 0.6 is 39.3 Å². The first-order valence-electron chi connectivity index (χ1n) is 5.71. The van der Waals surface area contributed by atoms with E-state index < -0.39 is 0 Å². The Hall–Kier alpha value is -0.840. The van der Waals surface area contributed by atoms with Crippen molar-refractivity contribution in [2.45, 2.75) is 4.90 Å². The van der Waals surface area contributed by atoms with E-state index in [4.69, 9.17) is 22.1 Å². The normalized spacial score (nSPS) is 10.4. The summed E-state index contributed by atoms with van der Waals surface area (Å²) in [6, 6.07) is 13.5. The summed E-state index contributed by atoms with van der Waals surface area (Å²) in [6.07, 6.45) is 0. The van der Waals surface area contributed by atoms with Crippen molar-refractivity contribution in [3.05, 3.63) is 52.0 Å². The number of nitrogen functional groups attached to an aromatic ring is 1. The zero-order valence-electron chi connectivity index (χ0n) is 10.1. The maximum atomic E-state index is 5.97. The number of benzene rings is 2. The van der Waals surface area contributed by atoms with Crippen LogP contribution in [0.4, 0.5) is 5.69 Å². The topological polar surface area (TPSA) is 35.2 Å². The monoisotopic (exact) mass is 357 g/mol. The molecule has 19 heavy (non-hydrogen) atoms. The Morgan fingerprint density at radius 2 is 2.05 bits per heavy atom. The van der Waals surface area contributed by atoms with Crippen molar-refractivity contribution in [3.8, 4) is 5.75 Å². The van der Waals surface area contributed by atoms with E-state index >= 15 is 0 Å². The highest BCUT2D eigenvalue weighted by Gasteiger charge is 2.00. The van der Waals surface area contributed by atoms with E-state index in [2.05, 4.69) is 15.9 Å². The third kappa shape index (κ3) is 4.64. The molecule has 0 bridgehead atoms.